The maximum absolute atomic E-state index is 9.16. The summed E-state index contributed by atoms with van der Waals surface area (Å²) < 4.78 is 1.09. The predicted octanol–water partition coefficient (Wildman–Crippen LogP) is 1.98. The van der Waals surface area contributed by atoms with E-state index in [4.69, 9.17) is 5.26 Å². The van der Waals surface area contributed by atoms with Crippen molar-refractivity contribution in [3.05, 3.63) is 20.8 Å². The van der Waals surface area contributed by atoms with E-state index in [0.29, 0.717) is 6.04 Å². The number of hydrogen-bond acceptors (Lipinski definition) is 4. The van der Waals surface area contributed by atoms with Crippen molar-refractivity contribution >= 4 is 27.3 Å². The van der Waals surface area contributed by atoms with Gasteiger partial charge in [-0.2, -0.15) is 5.26 Å². The standard InChI is InChI=1S/C10H12BrN3S/c1-13-7-5-14(6-7)8(4-12)9-2-3-10(11)15-9/h2-3,7-8,13H,5-6H2,1H3/t8-/m0/s1. The fraction of sp³-hybridized carbons (Fsp3) is 0.500. The van der Waals surface area contributed by atoms with Crippen molar-refractivity contribution in [3.8, 4) is 6.07 Å². The van der Waals surface area contributed by atoms with Crippen molar-refractivity contribution in [1.82, 2.24) is 10.2 Å². The molecule has 1 fully saturated rings. The Balaban J connectivity index is 2.04. The lowest BCUT2D eigenvalue weighted by Gasteiger charge is -2.41. The molecule has 1 N–H and O–H groups in total. The Labute approximate surface area is 102 Å². The smallest absolute Gasteiger partial charge is 0.133 e. The highest BCUT2D eigenvalue weighted by Crippen LogP contribution is 2.32. The van der Waals surface area contributed by atoms with Gasteiger partial charge in [0.25, 0.3) is 0 Å². The number of nitrogens with one attached hydrogen (secondary N) is 1. The van der Waals surface area contributed by atoms with Crippen LogP contribution in [0.1, 0.15) is 10.9 Å². The summed E-state index contributed by atoms with van der Waals surface area (Å²) in [7, 11) is 1.96. The zero-order chi connectivity index (χ0) is 10.8. The zero-order valence-electron chi connectivity index (χ0n) is 8.40. The normalized spacial score (nSPS) is 19.5. The SMILES string of the molecule is CNC1CN([C@@H](C#N)c2ccc(Br)s2)C1. The monoisotopic (exact) mass is 285 g/mol. The van der Waals surface area contributed by atoms with Crippen molar-refractivity contribution in [2.24, 2.45) is 0 Å². The molecule has 15 heavy (non-hydrogen) atoms. The van der Waals surface area contributed by atoms with E-state index in [9.17, 15) is 0 Å². The number of thiophene rings is 1. The Morgan fingerprint density at radius 2 is 2.40 bits per heavy atom. The number of likely N-dealkylation sites (N-methyl/N-ethyl adjacent to an activating group) is 1. The molecule has 0 bridgehead atoms. The molecule has 1 aromatic heterocycles. The molecule has 1 saturated heterocycles. The van der Waals surface area contributed by atoms with Crippen LogP contribution in [-0.2, 0) is 0 Å². The molecular formula is C10H12BrN3S. The molecular weight excluding hydrogens is 274 g/mol. The number of nitrogens with zero attached hydrogens (tertiary/aromatic N) is 2. The van der Waals surface area contributed by atoms with E-state index in [0.717, 1.165) is 21.8 Å². The van der Waals surface area contributed by atoms with Crippen LogP contribution < -0.4 is 5.32 Å². The van der Waals surface area contributed by atoms with E-state index in [1.54, 1.807) is 11.3 Å². The molecule has 0 spiro atoms. The molecule has 0 radical (unpaired) electrons. The van der Waals surface area contributed by atoms with E-state index in [2.05, 4.69) is 32.2 Å². The van der Waals surface area contributed by atoms with Crippen LogP contribution in [0.2, 0.25) is 0 Å². The molecule has 0 amide bonds. The molecule has 3 nitrogen and oxygen atoms in total. The second kappa shape index (κ2) is 4.62. The summed E-state index contributed by atoms with van der Waals surface area (Å²) in [4.78, 5) is 3.32. The van der Waals surface area contributed by atoms with Gasteiger partial charge in [-0.3, -0.25) is 4.90 Å². The zero-order valence-corrected chi connectivity index (χ0v) is 10.8. The number of likely N-dealkylation sites (tertiary alicyclic amines) is 1. The maximum Gasteiger partial charge on any atom is 0.133 e. The molecule has 1 aromatic rings. The van der Waals surface area contributed by atoms with Crippen LogP contribution in [-0.4, -0.2) is 31.1 Å². The van der Waals surface area contributed by atoms with E-state index >= 15 is 0 Å². The first kappa shape index (κ1) is 11.1. The van der Waals surface area contributed by atoms with E-state index in [1.807, 2.05) is 19.2 Å². The quantitative estimate of drug-likeness (QED) is 0.923. The Morgan fingerprint density at radius 1 is 1.67 bits per heavy atom. The van der Waals surface area contributed by atoms with E-state index in [-0.39, 0.29) is 6.04 Å². The summed E-state index contributed by atoms with van der Waals surface area (Å²) in [5.41, 5.74) is 0. The number of halogens is 1. The van der Waals surface area contributed by atoms with Gasteiger partial charge in [-0.1, -0.05) is 0 Å². The molecule has 80 valence electrons. The number of rotatable bonds is 3. The third kappa shape index (κ3) is 2.23. The highest BCUT2D eigenvalue weighted by molar-refractivity contribution is 9.11. The number of nitriles is 1. The Hall–Kier alpha value is -0.410. The minimum absolute atomic E-state index is 0.0779. The second-order valence-electron chi connectivity index (χ2n) is 3.61. The summed E-state index contributed by atoms with van der Waals surface area (Å²) in [6, 6.07) is 6.86. The van der Waals surface area contributed by atoms with Crippen LogP contribution in [0.25, 0.3) is 0 Å². The van der Waals surface area contributed by atoms with E-state index in [1.165, 1.54) is 0 Å². The Bertz CT molecular complexity index is 378. The van der Waals surface area contributed by atoms with Gasteiger partial charge in [0.2, 0.25) is 0 Å². The van der Waals surface area contributed by atoms with Crippen molar-refractivity contribution in [2.75, 3.05) is 20.1 Å². The Morgan fingerprint density at radius 3 is 2.87 bits per heavy atom. The van der Waals surface area contributed by atoms with Crippen LogP contribution in [0.4, 0.5) is 0 Å². The van der Waals surface area contributed by atoms with Gasteiger partial charge in [0.15, 0.2) is 0 Å². The topological polar surface area (TPSA) is 39.1 Å². The highest BCUT2D eigenvalue weighted by Gasteiger charge is 2.32. The Kier molecular flexibility index (Phi) is 3.42. The van der Waals surface area contributed by atoms with Gasteiger partial charge < -0.3 is 5.32 Å². The summed E-state index contributed by atoms with van der Waals surface area (Å²) in [6.45, 7) is 1.93. The molecule has 0 aliphatic carbocycles. The largest absolute Gasteiger partial charge is 0.315 e. The third-order valence-electron chi connectivity index (χ3n) is 2.67. The van der Waals surface area contributed by atoms with Crippen LogP contribution in [0.3, 0.4) is 0 Å². The van der Waals surface area contributed by atoms with Gasteiger partial charge in [-0.15, -0.1) is 11.3 Å². The van der Waals surface area contributed by atoms with Gasteiger partial charge in [0.05, 0.1) is 9.86 Å². The van der Waals surface area contributed by atoms with Crippen molar-refractivity contribution in [1.29, 1.82) is 5.26 Å². The highest BCUT2D eigenvalue weighted by atomic mass is 79.9. The third-order valence-corrected chi connectivity index (χ3v) is 4.35. The van der Waals surface area contributed by atoms with Crippen molar-refractivity contribution in [3.63, 3.8) is 0 Å². The molecule has 1 aliphatic rings. The van der Waals surface area contributed by atoms with Crippen molar-refractivity contribution < 1.29 is 0 Å². The fourth-order valence-corrected chi connectivity index (χ4v) is 3.21. The predicted molar refractivity (Wildman–Crippen MR) is 64.8 cm³/mol. The lowest BCUT2D eigenvalue weighted by Crippen LogP contribution is -2.57. The second-order valence-corrected chi connectivity index (χ2v) is 6.11. The summed E-state index contributed by atoms with van der Waals surface area (Å²) in [5, 5.41) is 12.4. The number of hydrogen-bond donors (Lipinski definition) is 1. The van der Waals surface area contributed by atoms with Gasteiger partial charge in [-0.25, -0.2) is 0 Å². The summed E-state index contributed by atoms with van der Waals surface area (Å²) >= 11 is 5.06. The minimum atomic E-state index is -0.0779. The van der Waals surface area contributed by atoms with Gasteiger partial charge in [0.1, 0.15) is 6.04 Å². The lowest BCUT2D eigenvalue weighted by atomic mass is 10.1. The molecule has 2 rings (SSSR count). The first-order valence-corrected chi connectivity index (χ1v) is 6.41. The summed E-state index contributed by atoms with van der Waals surface area (Å²) in [6.07, 6.45) is 0. The molecule has 0 saturated carbocycles. The molecule has 0 aromatic carbocycles. The lowest BCUT2D eigenvalue weighted by molar-refractivity contribution is 0.106. The van der Waals surface area contributed by atoms with Crippen LogP contribution in [0.5, 0.6) is 0 Å². The van der Waals surface area contributed by atoms with Crippen LogP contribution in [0, 0.1) is 11.3 Å². The average molecular weight is 286 g/mol. The summed E-state index contributed by atoms with van der Waals surface area (Å²) in [5.74, 6) is 0. The van der Waals surface area contributed by atoms with Gasteiger partial charge in [-0.05, 0) is 35.1 Å². The first-order chi connectivity index (χ1) is 7.24. The van der Waals surface area contributed by atoms with E-state index < -0.39 is 0 Å². The van der Waals surface area contributed by atoms with Crippen LogP contribution in [0.15, 0.2) is 15.9 Å². The maximum atomic E-state index is 9.16. The fourth-order valence-electron chi connectivity index (χ4n) is 1.71. The first-order valence-electron chi connectivity index (χ1n) is 4.80. The van der Waals surface area contributed by atoms with Crippen molar-refractivity contribution in [2.45, 2.75) is 12.1 Å². The molecule has 2 heterocycles. The van der Waals surface area contributed by atoms with Gasteiger partial charge in [0, 0.05) is 24.0 Å². The molecule has 1 aliphatic heterocycles. The van der Waals surface area contributed by atoms with Gasteiger partial charge >= 0.3 is 0 Å². The van der Waals surface area contributed by atoms with Crippen LogP contribution >= 0.6 is 27.3 Å². The minimum Gasteiger partial charge on any atom is -0.315 e. The molecule has 1 atom stereocenters. The average Bonchev–Trinajstić information content (AvgIpc) is 2.57. The molecule has 5 heteroatoms. The molecule has 0 unspecified atom stereocenters.